The van der Waals surface area contributed by atoms with Crippen LogP contribution in [-0.4, -0.2) is 12.9 Å². The summed E-state index contributed by atoms with van der Waals surface area (Å²) in [5.41, 5.74) is 0. The van der Waals surface area contributed by atoms with E-state index in [4.69, 9.17) is 16.3 Å². The molecule has 0 unspecified atom stereocenters. The van der Waals surface area contributed by atoms with Crippen molar-refractivity contribution < 1.29 is 9.53 Å². The minimum atomic E-state index is 0.542. The summed E-state index contributed by atoms with van der Waals surface area (Å²) in [5.74, 6) is 0.749. The van der Waals surface area contributed by atoms with Crippen molar-refractivity contribution in [2.45, 2.75) is 12.8 Å². The van der Waals surface area contributed by atoms with E-state index in [9.17, 15) is 4.79 Å². The SMILES string of the molecule is O=CCCCOc1cccc(Cl)c1. The maximum Gasteiger partial charge on any atom is 0.120 e. The fourth-order valence-corrected chi connectivity index (χ4v) is 1.09. The molecule has 0 atom stereocenters. The van der Waals surface area contributed by atoms with E-state index in [2.05, 4.69) is 0 Å². The van der Waals surface area contributed by atoms with Crippen LogP contribution >= 0.6 is 11.6 Å². The summed E-state index contributed by atoms with van der Waals surface area (Å²) in [6.45, 7) is 0.555. The molecule has 0 saturated carbocycles. The van der Waals surface area contributed by atoms with Crippen molar-refractivity contribution in [2.24, 2.45) is 0 Å². The van der Waals surface area contributed by atoms with E-state index in [1.807, 2.05) is 12.1 Å². The van der Waals surface area contributed by atoms with Crippen molar-refractivity contribution in [3.05, 3.63) is 29.3 Å². The molecule has 13 heavy (non-hydrogen) atoms. The van der Waals surface area contributed by atoms with Crippen LogP contribution in [-0.2, 0) is 4.79 Å². The topological polar surface area (TPSA) is 26.3 Å². The Morgan fingerprint density at radius 1 is 1.46 bits per heavy atom. The number of aldehydes is 1. The van der Waals surface area contributed by atoms with Crippen LogP contribution in [0.5, 0.6) is 5.75 Å². The largest absolute Gasteiger partial charge is 0.494 e. The average Bonchev–Trinajstić information content (AvgIpc) is 2.13. The van der Waals surface area contributed by atoms with E-state index in [0.29, 0.717) is 18.1 Å². The summed E-state index contributed by atoms with van der Waals surface area (Å²) >= 11 is 5.75. The summed E-state index contributed by atoms with van der Waals surface area (Å²) in [7, 11) is 0. The molecule has 0 radical (unpaired) electrons. The Balaban J connectivity index is 2.32. The van der Waals surface area contributed by atoms with Crippen molar-refractivity contribution in [3.63, 3.8) is 0 Å². The summed E-state index contributed by atoms with van der Waals surface area (Å²) < 4.78 is 5.35. The smallest absolute Gasteiger partial charge is 0.120 e. The number of hydrogen-bond acceptors (Lipinski definition) is 2. The van der Waals surface area contributed by atoms with Crippen molar-refractivity contribution >= 4 is 17.9 Å². The first-order valence-electron chi connectivity index (χ1n) is 4.15. The van der Waals surface area contributed by atoms with Gasteiger partial charge in [0, 0.05) is 11.4 Å². The first-order chi connectivity index (χ1) is 6.33. The molecule has 1 aromatic carbocycles. The summed E-state index contributed by atoms with van der Waals surface area (Å²) in [4.78, 5) is 9.99. The molecule has 0 aromatic heterocycles. The second kappa shape index (κ2) is 5.60. The number of ether oxygens (including phenoxy) is 1. The third-order valence-electron chi connectivity index (χ3n) is 1.53. The van der Waals surface area contributed by atoms with Crippen LogP contribution in [0.2, 0.25) is 5.02 Å². The minimum absolute atomic E-state index is 0.542. The highest BCUT2D eigenvalue weighted by Crippen LogP contribution is 2.17. The molecule has 2 nitrogen and oxygen atoms in total. The van der Waals surface area contributed by atoms with Crippen LogP contribution < -0.4 is 4.74 Å². The Morgan fingerprint density at radius 3 is 3.00 bits per heavy atom. The summed E-state index contributed by atoms with van der Waals surface area (Å²) in [6.07, 6.45) is 2.18. The third kappa shape index (κ3) is 3.95. The van der Waals surface area contributed by atoms with E-state index >= 15 is 0 Å². The summed E-state index contributed by atoms with van der Waals surface area (Å²) in [5, 5.41) is 0.660. The quantitative estimate of drug-likeness (QED) is 0.537. The minimum Gasteiger partial charge on any atom is -0.494 e. The first-order valence-corrected chi connectivity index (χ1v) is 4.53. The van der Waals surface area contributed by atoms with Gasteiger partial charge in [-0.25, -0.2) is 0 Å². The van der Waals surface area contributed by atoms with Gasteiger partial charge in [-0.1, -0.05) is 17.7 Å². The molecule has 0 spiro atoms. The fourth-order valence-electron chi connectivity index (χ4n) is 0.913. The van der Waals surface area contributed by atoms with E-state index in [0.717, 1.165) is 18.5 Å². The van der Waals surface area contributed by atoms with Gasteiger partial charge >= 0.3 is 0 Å². The monoisotopic (exact) mass is 198 g/mol. The molecule has 0 aliphatic carbocycles. The van der Waals surface area contributed by atoms with Crippen LogP contribution in [0.1, 0.15) is 12.8 Å². The lowest BCUT2D eigenvalue weighted by molar-refractivity contribution is -0.108. The molecular weight excluding hydrogens is 188 g/mol. The Bertz CT molecular complexity index is 273. The molecule has 70 valence electrons. The first kappa shape index (κ1) is 10.1. The van der Waals surface area contributed by atoms with Gasteiger partial charge < -0.3 is 9.53 Å². The predicted octanol–water partition coefficient (Wildman–Crippen LogP) is 2.70. The third-order valence-corrected chi connectivity index (χ3v) is 1.77. The molecule has 0 N–H and O–H groups in total. The Morgan fingerprint density at radius 2 is 2.31 bits per heavy atom. The number of hydrogen-bond donors (Lipinski definition) is 0. The molecule has 1 rings (SSSR count). The second-order valence-corrected chi connectivity index (χ2v) is 3.05. The molecule has 0 saturated heterocycles. The highest BCUT2D eigenvalue weighted by atomic mass is 35.5. The van der Waals surface area contributed by atoms with Crippen LogP contribution in [0.4, 0.5) is 0 Å². The van der Waals surface area contributed by atoms with Crippen LogP contribution in [0.25, 0.3) is 0 Å². The lowest BCUT2D eigenvalue weighted by atomic mass is 10.3. The number of rotatable bonds is 5. The zero-order chi connectivity index (χ0) is 9.52. The van der Waals surface area contributed by atoms with Crippen molar-refractivity contribution in [3.8, 4) is 5.75 Å². The molecule has 0 bridgehead atoms. The van der Waals surface area contributed by atoms with Crippen LogP contribution in [0, 0.1) is 0 Å². The second-order valence-electron chi connectivity index (χ2n) is 2.61. The van der Waals surface area contributed by atoms with E-state index in [1.165, 1.54) is 0 Å². The predicted molar refractivity (Wildman–Crippen MR) is 52.2 cm³/mol. The average molecular weight is 199 g/mol. The van der Waals surface area contributed by atoms with Gasteiger partial charge in [0.1, 0.15) is 12.0 Å². The van der Waals surface area contributed by atoms with E-state index in [-0.39, 0.29) is 0 Å². The molecule has 3 heteroatoms. The van der Waals surface area contributed by atoms with Gasteiger partial charge in [-0.05, 0) is 24.6 Å². The van der Waals surface area contributed by atoms with Gasteiger partial charge in [-0.2, -0.15) is 0 Å². The van der Waals surface area contributed by atoms with Crippen LogP contribution in [0.3, 0.4) is 0 Å². The lowest BCUT2D eigenvalue weighted by Crippen LogP contribution is -1.97. The number of carbonyl (C=O) groups is 1. The maximum atomic E-state index is 9.99. The summed E-state index contributed by atoms with van der Waals surface area (Å²) in [6, 6.07) is 7.21. The number of halogens is 1. The number of carbonyl (C=O) groups excluding carboxylic acids is 1. The lowest BCUT2D eigenvalue weighted by Gasteiger charge is -2.04. The molecule has 0 fully saturated rings. The highest BCUT2D eigenvalue weighted by Gasteiger charge is 1.93. The Hall–Kier alpha value is -1.02. The normalized spacial score (nSPS) is 9.62. The molecular formula is C10H11ClO2. The van der Waals surface area contributed by atoms with Gasteiger partial charge in [0.05, 0.1) is 6.61 Å². The molecule has 0 amide bonds. The molecule has 0 aliphatic rings. The van der Waals surface area contributed by atoms with Crippen molar-refractivity contribution in [1.29, 1.82) is 0 Å². The van der Waals surface area contributed by atoms with Gasteiger partial charge in [0.2, 0.25) is 0 Å². The van der Waals surface area contributed by atoms with Crippen molar-refractivity contribution in [2.75, 3.05) is 6.61 Å². The van der Waals surface area contributed by atoms with Gasteiger partial charge in [-0.15, -0.1) is 0 Å². The molecule has 1 aromatic rings. The highest BCUT2D eigenvalue weighted by molar-refractivity contribution is 6.30. The Labute approximate surface area is 82.5 Å². The zero-order valence-electron chi connectivity index (χ0n) is 7.20. The number of unbranched alkanes of at least 4 members (excludes halogenated alkanes) is 1. The van der Waals surface area contributed by atoms with E-state index < -0.39 is 0 Å². The van der Waals surface area contributed by atoms with Gasteiger partial charge in [0.15, 0.2) is 0 Å². The van der Waals surface area contributed by atoms with Gasteiger partial charge in [0.25, 0.3) is 0 Å². The number of benzene rings is 1. The Kier molecular flexibility index (Phi) is 4.33. The van der Waals surface area contributed by atoms with E-state index in [1.54, 1.807) is 12.1 Å². The van der Waals surface area contributed by atoms with Crippen molar-refractivity contribution in [1.82, 2.24) is 0 Å². The van der Waals surface area contributed by atoms with Crippen LogP contribution in [0.15, 0.2) is 24.3 Å². The zero-order valence-corrected chi connectivity index (χ0v) is 7.96. The molecule has 0 heterocycles. The molecule has 0 aliphatic heterocycles. The fraction of sp³-hybridized carbons (Fsp3) is 0.300. The maximum absolute atomic E-state index is 9.99. The van der Waals surface area contributed by atoms with Gasteiger partial charge in [-0.3, -0.25) is 0 Å². The standard InChI is InChI=1S/C10H11ClO2/c11-9-4-3-5-10(8-9)13-7-2-1-6-12/h3-6,8H,1-2,7H2.